The SMILES string of the molecule is CC(C)n1c(/C=C/[C@@H]2C[C@@H](O[Si](c3ccccc3)(c3ccccc3)C(C)(C)C)CC(=O)O2)c(-c2ccc(F)cc2)c2cc(OCP(=O)(O)O)ccc21. The maximum absolute atomic E-state index is 14.1. The summed E-state index contributed by atoms with van der Waals surface area (Å²) in [4.78, 5) is 32.1. The average Bonchev–Trinajstić information content (AvgIpc) is 3.42. The van der Waals surface area contributed by atoms with E-state index in [1.807, 2.05) is 54.6 Å². The monoisotopic (exact) mass is 741 g/mol. The molecule has 11 heteroatoms. The van der Waals surface area contributed by atoms with E-state index in [1.54, 1.807) is 24.3 Å². The van der Waals surface area contributed by atoms with E-state index in [1.165, 1.54) is 12.1 Å². The van der Waals surface area contributed by atoms with Gasteiger partial charge in [0.15, 0.2) is 6.35 Å². The maximum Gasteiger partial charge on any atom is 0.362 e. The van der Waals surface area contributed by atoms with Gasteiger partial charge in [-0.05, 0) is 77.3 Å². The molecule has 2 atom stereocenters. The van der Waals surface area contributed by atoms with Crippen LogP contribution >= 0.6 is 7.60 Å². The lowest BCUT2D eigenvalue weighted by atomic mass is 10.00. The van der Waals surface area contributed by atoms with E-state index in [4.69, 9.17) is 13.9 Å². The van der Waals surface area contributed by atoms with Crippen molar-refractivity contribution in [1.29, 1.82) is 0 Å². The van der Waals surface area contributed by atoms with Crippen molar-refractivity contribution in [2.45, 2.75) is 70.7 Å². The fourth-order valence-electron chi connectivity index (χ4n) is 7.34. The Bertz CT molecular complexity index is 2070. The van der Waals surface area contributed by atoms with Gasteiger partial charge in [0.2, 0.25) is 0 Å². The minimum Gasteiger partial charge on any atom is -0.481 e. The first kappa shape index (κ1) is 37.4. The number of halogens is 1. The highest BCUT2D eigenvalue weighted by atomic mass is 31.2. The van der Waals surface area contributed by atoms with Crippen LogP contribution in [0.5, 0.6) is 5.75 Å². The second-order valence-electron chi connectivity index (χ2n) is 14.6. The fourth-order valence-corrected chi connectivity index (χ4v) is 12.4. The van der Waals surface area contributed by atoms with Gasteiger partial charge in [0.05, 0.1) is 12.5 Å². The number of benzene rings is 4. The minimum atomic E-state index is -4.41. The normalized spacial score (nSPS) is 17.2. The summed E-state index contributed by atoms with van der Waals surface area (Å²) < 4.78 is 46.6. The van der Waals surface area contributed by atoms with E-state index in [2.05, 4.69) is 63.5 Å². The molecule has 1 aliphatic rings. The van der Waals surface area contributed by atoms with Crippen molar-refractivity contribution >= 4 is 49.2 Å². The zero-order valence-electron chi connectivity index (χ0n) is 30.0. The molecule has 5 aromatic rings. The van der Waals surface area contributed by atoms with E-state index in [-0.39, 0.29) is 29.3 Å². The molecule has 0 radical (unpaired) electrons. The van der Waals surface area contributed by atoms with Gasteiger partial charge in [-0.3, -0.25) is 9.36 Å². The van der Waals surface area contributed by atoms with Gasteiger partial charge in [0.25, 0.3) is 8.32 Å². The smallest absolute Gasteiger partial charge is 0.362 e. The standard InChI is InChI=1S/C41H45FNO7PSi/c1-28(2)43-37-22-20-31(48-27-51(45,46)47)25-36(37)40(29-16-18-30(42)19-17-29)38(43)23-21-32-24-33(26-39(44)49-32)50-52(41(3,4)5,34-12-8-6-9-13-34)35-14-10-7-11-15-35/h6-23,25,28,32-33H,24,26-27H2,1-5H3,(H2,45,46,47)/b23-21+/t32-,33-/m1/s1. The number of hydrogen-bond donors (Lipinski definition) is 2. The van der Waals surface area contributed by atoms with E-state index < -0.39 is 34.5 Å². The van der Waals surface area contributed by atoms with E-state index in [9.17, 15) is 23.5 Å². The number of cyclic esters (lactones) is 1. The summed E-state index contributed by atoms with van der Waals surface area (Å²) in [6.45, 7) is 10.7. The van der Waals surface area contributed by atoms with Crippen LogP contribution in [-0.4, -0.2) is 47.2 Å². The van der Waals surface area contributed by atoms with Crippen molar-refractivity contribution in [3.8, 4) is 16.9 Å². The molecule has 0 saturated carbocycles. The second-order valence-corrected chi connectivity index (χ2v) is 20.4. The quantitative estimate of drug-likeness (QED) is 0.0799. The fraction of sp³-hybridized carbons (Fsp3) is 0.293. The number of esters is 1. The Morgan fingerprint density at radius 1 is 0.962 bits per heavy atom. The summed E-state index contributed by atoms with van der Waals surface area (Å²) in [6, 6.07) is 32.1. The molecule has 1 aromatic heterocycles. The Morgan fingerprint density at radius 2 is 1.58 bits per heavy atom. The molecule has 272 valence electrons. The maximum atomic E-state index is 14.1. The van der Waals surface area contributed by atoms with Crippen LogP contribution in [0.4, 0.5) is 4.39 Å². The summed E-state index contributed by atoms with van der Waals surface area (Å²) in [5.41, 5.74) is 3.18. The highest BCUT2D eigenvalue weighted by Gasteiger charge is 2.52. The molecule has 1 fully saturated rings. The molecule has 8 nitrogen and oxygen atoms in total. The van der Waals surface area contributed by atoms with Crippen LogP contribution in [0.3, 0.4) is 0 Å². The van der Waals surface area contributed by atoms with Crippen molar-refractivity contribution < 1.29 is 37.4 Å². The Labute approximate surface area is 305 Å². The number of nitrogens with zero attached hydrogens (tertiary/aromatic N) is 1. The van der Waals surface area contributed by atoms with Gasteiger partial charge in [-0.1, -0.05) is 93.6 Å². The molecular weight excluding hydrogens is 697 g/mol. The first-order valence-electron chi connectivity index (χ1n) is 17.4. The Morgan fingerprint density at radius 3 is 2.13 bits per heavy atom. The van der Waals surface area contributed by atoms with Crippen molar-refractivity contribution in [3.05, 3.63) is 121 Å². The van der Waals surface area contributed by atoms with E-state index in [0.29, 0.717) is 12.2 Å². The number of ether oxygens (including phenoxy) is 2. The number of fused-ring (bicyclic) bond motifs is 1. The molecule has 52 heavy (non-hydrogen) atoms. The van der Waals surface area contributed by atoms with Crippen LogP contribution in [0.1, 0.15) is 59.2 Å². The summed E-state index contributed by atoms with van der Waals surface area (Å²) in [5, 5.41) is 2.76. The van der Waals surface area contributed by atoms with Crippen molar-refractivity contribution in [1.82, 2.24) is 4.57 Å². The Kier molecular flexibility index (Phi) is 10.8. The molecule has 0 unspecified atom stereocenters. The Balaban J connectivity index is 1.41. The Hall–Kier alpha value is -4.31. The zero-order valence-corrected chi connectivity index (χ0v) is 31.9. The van der Waals surface area contributed by atoms with Gasteiger partial charge in [-0.15, -0.1) is 0 Å². The first-order valence-corrected chi connectivity index (χ1v) is 21.1. The van der Waals surface area contributed by atoms with Crippen LogP contribution in [0.2, 0.25) is 5.04 Å². The summed E-state index contributed by atoms with van der Waals surface area (Å²) in [6.07, 6.45) is 2.70. The van der Waals surface area contributed by atoms with Gasteiger partial charge in [0, 0.05) is 34.6 Å². The number of hydrogen-bond acceptors (Lipinski definition) is 5. The third kappa shape index (κ3) is 7.87. The lowest BCUT2D eigenvalue weighted by Crippen LogP contribution is -2.68. The third-order valence-corrected chi connectivity index (χ3v) is 15.0. The van der Waals surface area contributed by atoms with Crippen molar-refractivity contribution in [2.75, 3.05) is 6.35 Å². The summed E-state index contributed by atoms with van der Waals surface area (Å²) in [5.74, 6) is -0.417. The topological polar surface area (TPSA) is 107 Å². The van der Waals surface area contributed by atoms with Gasteiger partial charge in [-0.25, -0.2) is 4.39 Å². The molecule has 1 saturated heterocycles. The molecule has 0 aliphatic carbocycles. The number of carbonyl (C=O) groups excluding carboxylic acids is 1. The highest BCUT2D eigenvalue weighted by Crippen LogP contribution is 2.42. The molecule has 2 N–H and O–H groups in total. The first-order chi connectivity index (χ1) is 24.7. The van der Waals surface area contributed by atoms with Crippen LogP contribution < -0.4 is 15.1 Å². The summed E-state index contributed by atoms with van der Waals surface area (Å²) >= 11 is 0. The van der Waals surface area contributed by atoms with Crippen LogP contribution in [0.15, 0.2) is 109 Å². The van der Waals surface area contributed by atoms with E-state index in [0.717, 1.165) is 38.1 Å². The van der Waals surface area contributed by atoms with Gasteiger partial charge in [0.1, 0.15) is 17.7 Å². The lowest BCUT2D eigenvalue weighted by Gasteiger charge is -2.46. The predicted molar refractivity (Wildman–Crippen MR) is 206 cm³/mol. The van der Waals surface area contributed by atoms with Crippen LogP contribution in [-0.2, 0) is 18.5 Å². The molecule has 4 aromatic carbocycles. The molecule has 0 spiro atoms. The molecule has 0 amide bonds. The predicted octanol–water partition coefficient (Wildman–Crippen LogP) is 8.21. The second kappa shape index (κ2) is 15.0. The minimum absolute atomic E-state index is 0.0154. The van der Waals surface area contributed by atoms with Crippen LogP contribution in [0.25, 0.3) is 28.1 Å². The largest absolute Gasteiger partial charge is 0.481 e. The lowest BCUT2D eigenvalue weighted by molar-refractivity contribution is -0.155. The third-order valence-electron chi connectivity index (χ3n) is 9.46. The van der Waals surface area contributed by atoms with Gasteiger partial charge in [-0.2, -0.15) is 0 Å². The number of aromatic nitrogens is 1. The van der Waals surface area contributed by atoms with E-state index >= 15 is 0 Å². The zero-order chi connectivity index (χ0) is 37.3. The number of rotatable bonds is 11. The van der Waals surface area contributed by atoms with Crippen molar-refractivity contribution in [3.63, 3.8) is 0 Å². The molecule has 0 bridgehead atoms. The highest BCUT2D eigenvalue weighted by molar-refractivity contribution is 7.51. The van der Waals surface area contributed by atoms with Crippen molar-refractivity contribution in [2.24, 2.45) is 0 Å². The van der Waals surface area contributed by atoms with Gasteiger partial charge >= 0.3 is 13.6 Å². The number of carbonyl (C=O) groups is 1. The molecular formula is C41H45FNO7PSi. The van der Waals surface area contributed by atoms with Crippen LogP contribution in [0, 0.1) is 5.82 Å². The molecule has 2 heterocycles. The summed E-state index contributed by atoms with van der Waals surface area (Å²) in [7, 11) is -7.35. The molecule has 6 rings (SSSR count). The van der Waals surface area contributed by atoms with Gasteiger partial charge < -0.3 is 28.3 Å². The molecule has 1 aliphatic heterocycles. The average molecular weight is 742 g/mol.